The van der Waals surface area contributed by atoms with Crippen molar-refractivity contribution in [1.29, 1.82) is 0 Å². The van der Waals surface area contributed by atoms with Crippen molar-refractivity contribution in [2.24, 2.45) is 0 Å². The van der Waals surface area contributed by atoms with Crippen LogP contribution in [0.25, 0.3) is 33.7 Å². The van der Waals surface area contributed by atoms with Gasteiger partial charge in [0.15, 0.2) is 0 Å². The van der Waals surface area contributed by atoms with Crippen LogP contribution in [0.15, 0.2) is 77.3 Å². The van der Waals surface area contributed by atoms with Gasteiger partial charge in [-0.3, -0.25) is 0 Å². The Morgan fingerprint density at radius 2 is 1.12 bits per heavy atom. The zero-order valence-corrected chi connectivity index (χ0v) is 16.5. The second kappa shape index (κ2) is 7.47. The van der Waals surface area contributed by atoms with E-state index in [1.54, 1.807) is 0 Å². The highest BCUT2D eigenvalue weighted by molar-refractivity contribution is 9.10. The Balaban J connectivity index is 1.98. The monoisotopic (exact) mass is 400 g/mol. The third-order valence-corrected chi connectivity index (χ3v) is 5.78. The number of fused-ring (bicyclic) bond motifs is 2. The lowest BCUT2D eigenvalue weighted by Crippen LogP contribution is -2.23. The second-order valence-corrected chi connectivity index (χ2v) is 7.33. The predicted molar refractivity (Wildman–Crippen MR) is 118 cm³/mol. The number of halogens is 1. The standard InChI is InChI=1S/C25H21Br/c1-2-9-18-10-3-4-11-19(18)16-17-22-20-12-5-7-14-23(20)25(26)24-15-8-6-13-21(22)24/h3-16H,2,17H2,1H3/b18-9-,19-16-. The van der Waals surface area contributed by atoms with E-state index in [9.17, 15) is 0 Å². The van der Waals surface area contributed by atoms with Gasteiger partial charge in [0.1, 0.15) is 0 Å². The van der Waals surface area contributed by atoms with E-state index in [1.807, 2.05) is 0 Å². The molecule has 0 aliphatic heterocycles. The van der Waals surface area contributed by atoms with Crippen molar-refractivity contribution in [3.8, 4) is 0 Å². The third-order valence-electron chi connectivity index (χ3n) is 4.92. The Morgan fingerprint density at radius 1 is 0.654 bits per heavy atom. The highest BCUT2D eigenvalue weighted by Crippen LogP contribution is 2.36. The number of hydrogen-bond donors (Lipinski definition) is 0. The summed E-state index contributed by atoms with van der Waals surface area (Å²) in [5, 5.41) is 7.84. The molecule has 0 saturated heterocycles. The number of rotatable bonds is 3. The minimum atomic E-state index is 0.920. The Labute approximate surface area is 162 Å². The minimum Gasteiger partial charge on any atom is -0.0769 e. The largest absolute Gasteiger partial charge is 0.0769 e. The first-order valence-corrected chi connectivity index (χ1v) is 9.92. The average molecular weight is 401 g/mol. The zero-order valence-electron chi connectivity index (χ0n) is 14.9. The van der Waals surface area contributed by atoms with Crippen LogP contribution in [0, 0.1) is 0 Å². The first-order chi connectivity index (χ1) is 12.8. The van der Waals surface area contributed by atoms with Crippen LogP contribution in [0.4, 0.5) is 0 Å². The summed E-state index contributed by atoms with van der Waals surface area (Å²) in [7, 11) is 0. The van der Waals surface area contributed by atoms with Crippen molar-refractivity contribution in [2.45, 2.75) is 19.8 Å². The maximum absolute atomic E-state index is 3.83. The molecule has 0 radical (unpaired) electrons. The molecule has 0 N–H and O–H groups in total. The molecular weight excluding hydrogens is 380 g/mol. The molecule has 4 aromatic carbocycles. The third kappa shape index (κ3) is 3.08. The summed E-state index contributed by atoms with van der Waals surface area (Å²) in [5.74, 6) is 0. The van der Waals surface area contributed by atoms with E-state index in [0.29, 0.717) is 0 Å². The summed E-state index contributed by atoms with van der Waals surface area (Å²) in [4.78, 5) is 0. The number of benzene rings is 4. The molecule has 1 heteroatoms. The highest BCUT2D eigenvalue weighted by atomic mass is 79.9. The zero-order chi connectivity index (χ0) is 17.9. The van der Waals surface area contributed by atoms with Crippen LogP contribution in [-0.2, 0) is 6.42 Å². The molecule has 128 valence electrons. The van der Waals surface area contributed by atoms with E-state index in [0.717, 1.165) is 12.8 Å². The Morgan fingerprint density at radius 3 is 1.65 bits per heavy atom. The van der Waals surface area contributed by atoms with Gasteiger partial charge in [-0.15, -0.1) is 0 Å². The normalized spacial score (nSPS) is 13.0. The Hall–Kier alpha value is -2.38. The van der Waals surface area contributed by atoms with E-state index < -0.39 is 0 Å². The lowest BCUT2D eigenvalue weighted by molar-refractivity contribution is 1.28. The van der Waals surface area contributed by atoms with Crippen LogP contribution in [0.3, 0.4) is 0 Å². The molecule has 0 fully saturated rings. The minimum absolute atomic E-state index is 0.920. The van der Waals surface area contributed by atoms with Crippen molar-refractivity contribution in [3.63, 3.8) is 0 Å². The fourth-order valence-corrected chi connectivity index (χ4v) is 4.39. The molecule has 0 aliphatic carbocycles. The van der Waals surface area contributed by atoms with Gasteiger partial charge in [-0.2, -0.15) is 0 Å². The molecule has 0 atom stereocenters. The van der Waals surface area contributed by atoms with Gasteiger partial charge in [0.25, 0.3) is 0 Å². The van der Waals surface area contributed by atoms with Gasteiger partial charge in [0.2, 0.25) is 0 Å². The van der Waals surface area contributed by atoms with Gasteiger partial charge in [-0.05, 0) is 66.3 Å². The summed E-state index contributed by atoms with van der Waals surface area (Å²) in [6.07, 6.45) is 6.63. The van der Waals surface area contributed by atoms with E-state index in [2.05, 4.69) is 108 Å². The molecule has 4 aromatic rings. The Kier molecular flexibility index (Phi) is 4.90. The van der Waals surface area contributed by atoms with E-state index in [-0.39, 0.29) is 0 Å². The van der Waals surface area contributed by atoms with Crippen LogP contribution >= 0.6 is 15.9 Å². The summed E-state index contributed by atoms with van der Waals surface area (Å²) < 4.78 is 1.19. The van der Waals surface area contributed by atoms with Crippen LogP contribution in [-0.4, -0.2) is 0 Å². The molecule has 0 aromatic heterocycles. The van der Waals surface area contributed by atoms with Gasteiger partial charge in [-0.1, -0.05) is 91.9 Å². The first-order valence-electron chi connectivity index (χ1n) is 9.13. The quantitative estimate of drug-likeness (QED) is 0.371. The number of hydrogen-bond acceptors (Lipinski definition) is 0. The summed E-state index contributed by atoms with van der Waals surface area (Å²) in [6, 6.07) is 26.0. The molecule has 26 heavy (non-hydrogen) atoms. The molecule has 0 spiro atoms. The van der Waals surface area contributed by atoms with Gasteiger partial charge in [-0.25, -0.2) is 0 Å². The fourth-order valence-electron chi connectivity index (χ4n) is 3.70. The smallest absolute Gasteiger partial charge is 0.0332 e. The Bertz CT molecular complexity index is 1140. The van der Waals surface area contributed by atoms with Crippen LogP contribution in [0.1, 0.15) is 18.9 Å². The molecule has 0 heterocycles. The van der Waals surface area contributed by atoms with Crippen LogP contribution in [0.2, 0.25) is 0 Å². The summed E-state index contributed by atoms with van der Waals surface area (Å²) in [5.41, 5.74) is 1.39. The van der Waals surface area contributed by atoms with Crippen LogP contribution < -0.4 is 10.4 Å². The maximum atomic E-state index is 3.83. The predicted octanol–water partition coefficient (Wildman–Crippen LogP) is 5.97. The van der Waals surface area contributed by atoms with Gasteiger partial charge >= 0.3 is 0 Å². The van der Waals surface area contributed by atoms with Crippen molar-refractivity contribution in [3.05, 3.63) is 93.3 Å². The topological polar surface area (TPSA) is 0 Å². The van der Waals surface area contributed by atoms with E-state index in [1.165, 1.54) is 42.0 Å². The van der Waals surface area contributed by atoms with E-state index >= 15 is 0 Å². The molecular formula is C25H21Br. The first kappa shape index (κ1) is 17.1. The fraction of sp³-hybridized carbons (Fsp3) is 0.120. The second-order valence-electron chi connectivity index (χ2n) is 6.53. The molecule has 0 amide bonds. The van der Waals surface area contributed by atoms with Crippen molar-refractivity contribution in [1.82, 2.24) is 0 Å². The maximum Gasteiger partial charge on any atom is 0.0332 e. The van der Waals surface area contributed by atoms with Gasteiger partial charge in [0.05, 0.1) is 0 Å². The molecule has 4 rings (SSSR count). The molecule has 0 unspecified atom stereocenters. The van der Waals surface area contributed by atoms with E-state index in [4.69, 9.17) is 0 Å². The van der Waals surface area contributed by atoms with Crippen molar-refractivity contribution >= 4 is 49.6 Å². The lowest BCUT2D eigenvalue weighted by atomic mass is 9.94. The molecule has 0 aliphatic rings. The van der Waals surface area contributed by atoms with Crippen LogP contribution in [0.5, 0.6) is 0 Å². The van der Waals surface area contributed by atoms with Gasteiger partial charge < -0.3 is 0 Å². The molecule has 0 nitrogen and oxygen atoms in total. The highest BCUT2D eigenvalue weighted by Gasteiger charge is 2.10. The SMILES string of the molecule is CC/C=c1/cccc/c1=C/Cc1c2ccccc2c(Br)c2ccccc12. The van der Waals surface area contributed by atoms with Gasteiger partial charge in [0, 0.05) is 4.47 Å². The summed E-state index contributed by atoms with van der Waals surface area (Å²) in [6.45, 7) is 2.19. The molecule has 0 bridgehead atoms. The average Bonchev–Trinajstić information content (AvgIpc) is 2.69. The summed E-state index contributed by atoms with van der Waals surface area (Å²) >= 11 is 3.83. The van der Waals surface area contributed by atoms with Crippen molar-refractivity contribution < 1.29 is 0 Å². The lowest BCUT2D eigenvalue weighted by Gasteiger charge is -2.12. The van der Waals surface area contributed by atoms with Crippen molar-refractivity contribution in [2.75, 3.05) is 0 Å². The molecule has 0 saturated carbocycles.